The van der Waals surface area contributed by atoms with Gasteiger partial charge in [0.15, 0.2) is 0 Å². The van der Waals surface area contributed by atoms with Gasteiger partial charge in [0.05, 0.1) is 156 Å². The minimum absolute atomic E-state index is 0.251. The molecule has 0 atom stereocenters. The van der Waals surface area contributed by atoms with Crippen LogP contribution >= 0.6 is 0 Å². The summed E-state index contributed by atoms with van der Waals surface area (Å²) in [5.41, 5.74) is 3.86. The van der Waals surface area contributed by atoms with Crippen LogP contribution in [0.15, 0.2) is 225 Å². The predicted octanol–water partition coefficient (Wildman–Crippen LogP) is 27.7. The summed E-state index contributed by atoms with van der Waals surface area (Å²) in [6, 6.07) is 0. The molecule has 0 aliphatic carbocycles. The molecule has 0 aromatic rings. The van der Waals surface area contributed by atoms with Crippen molar-refractivity contribution < 1.29 is 143 Å². The first-order valence-corrected chi connectivity index (χ1v) is 53.3. The summed E-state index contributed by atoms with van der Waals surface area (Å²) >= 11 is 0. The lowest BCUT2D eigenvalue weighted by molar-refractivity contribution is -0.140. The molecule has 0 spiro atoms. The molecule has 0 aromatic carbocycles. The highest BCUT2D eigenvalue weighted by atomic mass is 16.6. The van der Waals surface area contributed by atoms with Crippen molar-refractivity contribution >= 4 is 71.6 Å². The lowest BCUT2D eigenvalue weighted by Gasteiger charge is -2.06. The van der Waals surface area contributed by atoms with Crippen molar-refractivity contribution in [1.82, 2.24) is 0 Å². The first-order valence-electron chi connectivity index (χ1n) is 53.3. The quantitative estimate of drug-likeness (QED) is 0.0179. The molecule has 0 N–H and O–H groups in total. The van der Waals surface area contributed by atoms with Gasteiger partial charge in [-0.15, -0.1) is 0 Å². The topological polar surface area (TPSA) is 371 Å². The summed E-state index contributed by atoms with van der Waals surface area (Å²) in [5, 5.41) is 0. The van der Waals surface area contributed by atoms with E-state index in [9.17, 15) is 57.5 Å². The van der Waals surface area contributed by atoms with E-state index < -0.39 is 0 Å². The Morgan fingerprint density at radius 3 is 0.353 bits per heavy atom. The normalized spacial score (nSPS) is 9.57. The Morgan fingerprint density at radius 2 is 0.253 bits per heavy atom. The van der Waals surface area contributed by atoms with Crippen molar-refractivity contribution in [1.29, 1.82) is 0 Å². The summed E-state index contributed by atoms with van der Waals surface area (Å²) in [7, 11) is 0. The van der Waals surface area contributed by atoms with E-state index in [1.165, 1.54) is 108 Å². The molecule has 30 heteroatoms. The third kappa shape index (κ3) is 136. The van der Waals surface area contributed by atoms with Crippen LogP contribution in [0.25, 0.3) is 0 Å². The molecular formula is C120H198O30. The lowest BCUT2D eigenvalue weighted by Crippen LogP contribution is -2.08. The molecule has 0 amide bonds. The van der Waals surface area contributed by atoms with Crippen LogP contribution in [0.3, 0.4) is 0 Å². The van der Waals surface area contributed by atoms with Crippen molar-refractivity contribution in [3.05, 3.63) is 225 Å². The minimum atomic E-state index is -0.389. The van der Waals surface area contributed by atoms with E-state index in [1.807, 2.05) is 27.7 Å². The molecular weight excluding hydrogens is 1920 g/mol. The van der Waals surface area contributed by atoms with Gasteiger partial charge in [-0.3, -0.25) is 0 Å². The second-order valence-electron chi connectivity index (χ2n) is 33.6. The summed E-state index contributed by atoms with van der Waals surface area (Å²) in [5.74, 6) is -3.86. The number of unbranched alkanes of at least 4 members (excludes halogenated alkanes) is 33. The fraction of sp³-hybridized carbons (Fsp3) is 0.600. The van der Waals surface area contributed by atoms with Gasteiger partial charge in [0.1, 0.15) is 0 Å². The molecule has 0 aliphatic rings. The van der Waals surface area contributed by atoms with E-state index in [4.69, 9.17) is 85.3 Å². The SMILES string of the molecule is C=C(C)C(=O)OCCCCCCOC(=O)C(=C)CC.C=CC(=O)OCCCCCCOC(=O)C(=C)C.C=CC(=O)OCCCCCCOC(=O)C(=C)CC.C=COCCCCCCCCOC(=O)C(=C)C.C=COCCCCCCCCOC(=O)C(=C)CC.C=COCCCCCCCCOC(=O)C=C.C=COCCCCCCOC(=O)C(=C)C.C=COCCCCCCOC(=O)C(=C)CC.C=COCCCCCCOC(=O)C=C. The maximum atomic E-state index is 11.3. The molecule has 858 valence electrons. The first-order chi connectivity index (χ1) is 72.1. The maximum Gasteiger partial charge on any atom is 0.333 e. The number of esters is 12. The predicted molar refractivity (Wildman–Crippen MR) is 600 cm³/mol. The van der Waals surface area contributed by atoms with E-state index in [0.29, 0.717) is 150 Å². The average molecular weight is 2120 g/mol. The summed E-state index contributed by atoms with van der Waals surface area (Å²) in [6.07, 6.45) is 58.7. The molecule has 0 heterocycles. The van der Waals surface area contributed by atoms with Crippen LogP contribution in [0.1, 0.15) is 351 Å². The Balaban J connectivity index is -0.000000213. The molecule has 150 heavy (non-hydrogen) atoms. The number of carbonyl (C=O) groups is 12. The zero-order chi connectivity index (χ0) is 115. The third-order valence-electron chi connectivity index (χ3n) is 20.0. The Hall–Kier alpha value is -12.2. The Bertz CT molecular complexity index is 3650. The molecule has 0 aromatic heterocycles. The molecule has 0 aliphatic heterocycles. The van der Waals surface area contributed by atoms with Crippen molar-refractivity contribution in [2.75, 3.05) is 119 Å². The van der Waals surface area contributed by atoms with Gasteiger partial charge in [-0.2, -0.15) is 0 Å². The van der Waals surface area contributed by atoms with E-state index in [1.54, 1.807) is 27.7 Å². The standard InChI is InChI=1S/C15H24O4.C15H26O3.C14H22O4.C14H24O3.C13H20O4.2C13H22O3.C12H20O3.C11H18O3/c1-5-13(4)15(17)19-11-9-7-6-8-10-18-14(16)12(2)3;1-4-14(3)15(16)18-13-11-9-7-6-8-10-12-17-5-2;1-4-12(3)14(16)18-11-9-7-6-8-10-17-13(15)5-2;1-4-16-11-9-7-5-6-8-10-12-17-14(15)13(2)3;1-4-12(14)16-9-7-5-6-8-10-17-13(15)11(2)3;1-4-12(3)13(14)16-11-9-7-6-8-10-15-5-2;1-3-13(14)16-12-10-8-6-5-7-9-11-15-4-2;1-4-14-9-7-5-6-8-10-15-12(13)11(2)3;1-3-11(12)14-10-8-6-5-7-9-13-4-2/h2,4-11H2,1,3H3;5H,2-4,6-13H2,1H3;5H,2-4,6-11H2,1H3;4H,1-2,5-12H2,3H3;4H,1-2,5-10H2,3H3;5H,2-4,6-11H2,1H3;3-4H,1-2,5-12H2;4H,1-2,5-10H2,3H3;3-4H,1-2,5-10H2. The highest BCUT2D eigenvalue weighted by Gasteiger charge is 2.12. The van der Waals surface area contributed by atoms with E-state index in [-0.39, 0.29) is 71.6 Å². The zero-order valence-corrected chi connectivity index (χ0v) is 94.0. The second kappa shape index (κ2) is 129. The smallest absolute Gasteiger partial charge is 0.333 e. The van der Waals surface area contributed by atoms with E-state index in [2.05, 4.69) is 118 Å². The number of ether oxygens (including phenoxy) is 18. The molecule has 0 bridgehead atoms. The van der Waals surface area contributed by atoms with Crippen molar-refractivity contribution in [3.8, 4) is 0 Å². The van der Waals surface area contributed by atoms with Gasteiger partial charge in [-0.05, 0) is 246 Å². The van der Waals surface area contributed by atoms with Crippen molar-refractivity contribution in [2.24, 2.45) is 0 Å². The Morgan fingerprint density at radius 1 is 0.153 bits per heavy atom. The zero-order valence-electron chi connectivity index (χ0n) is 94.0. The third-order valence-corrected chi connectivity index (χ3v) is 20.0. The number of carbonyl (C=O) groups excluding carboxylic acids is 12. The monoisotopic (exact) mass is 2120 g/mol. The molecule has 0 rings (SSSR count). The molecule has 0 radical (unpaired) electrons. The molecule has 0 fully saturated rings. The summed E-state index contributed by atoms with van der Waals surface area (Å²) in [4.78, 5) is 132. The number of hydrogen-bond acceptors (Lipinski definition) is 30. The van der Waals surface area contributed by atoms with Crippen LogP contribution in [0.4, 0.5) is 0 Å². The van der Waals surface area contributed by atoms with Crippen LogP contribution in [0, 0.1) is 0 Å². The van der Waals surface area contributed by atoms with Gasteiger partial charge in [-0.25, -0.2) is 57.5 Å². The van der Waals surface area contributed by atoms with Gasteiger partial charge in [0.2, 0.25) is 0 Å². The molecule has 30 nitrogen and oxygen atoms in total. The minimum Gasteiger partial charge on any atom is -0.502 e. The van der Waals surface area contributed by atoms with Crippen LogP contribution < -0.4 is 0 Å². The molecule has 0 unspecified atom stereocenters. The highest BCUT2D eigenvalue weighted by molar-refractivity contribution is 5.90. The van der Waals surface area contributed by atoms with Crippen molar-refractivity contribution in [2.45, 2.75) is 351 Å². The van der Waals surface area contributed by atoms with Crippen LogP contribution in [0.2, 0.25) is 0 Å². The lowest BCUT2D eigenvalue weighted by atomic mass is 10.1. The molecule has 0 saturated carbocycles. The maximum absolute atomic E-state index is 11.3. The van der Waals surface area contributed by atoms with Gasteiger partial charge in [0, 0.05) is 68.9 Å². The summed E-state index contributed by atoms with van der Waals surface area (Å²) < 4.78 is 89.3. The van der Waals surface area contributed by atoms with Crippen LogP contribution in [-0.2, 0) is 143 Å². The fourth-order valence-electron chi connectivity index (χ4n) is 10.8. The Labute approximate surface area is 904 Å². The highest BCUT2D eigenvalue weighted by Crippen LogP contribution is 2.15. The van der Waals surface area contributed by atoms with Crippen molar-refractivity contribution in [3.63, 3.8) is 0 Å². The largest absolute Gasteiger partial charge is 0.502 e. The van der Waals surface area contributed by atoms with Gasteiger partial charge in [-0.1, -0.05) is 223 Å². The average Bonchev–Trinajstić information content (AvgIpc) is 0.972. The second-order valence-corrected chi connectivity index (χ2v) is 33.6. The van der Waals surface area contributed by atoms with Crippen LogP contribution in [0.5, 0.6) is 0 Å². The van der Waals surface area contributed by atoms with Crippen LogP contribution in [-0.4, -0.2) is 191 Å². The van der Waals surface area contributed by atoms with E-state index >= 15 is 0 Å². The van der Waals surface area contributed by atoms with Gasteiger partial charge < -0.3 is 85.3 Å². The molecule has 0 saturated heterocycles. The first kappa shape index (κ1) is 155. The van der Waals surface area contributed by atoms with Gasteiger partial charge >= 0.3 is 71.6 Å². The Kier molecular flexibility index (Phi) is 134. The fourth-order valence-corrected chi connectivity index (χ4v) is 10.8. The number of hydrogen-bond donors (Lipinski definition) is 0. The van der Waals surface area contributed by atoms with Gasteiger partial charge in [0.25, 0.3) is 0 Å². The van der Waals surface area contributed by atoms with E-state index in [0.717, 1.165) is 264 Å². The number of rotatable bonds is 91. The summed E-state index contributed by atoms with van der Waals surface area (Å²) in [6.45, 7) is 86.6.